The zero-order valence-corrected chi connectivity index (χ0v) is 46.5. The molecule has 2 aliphatic heterocycles. The average Bonchev–Trinajstić information content (AvgIpc) is 3.31. The lowest BCUT2D eigenvalue weighted by atomic mass is 9.62. The van der Waals surface area contributed by atoms with E-state index in [2.05, 4.69) is 45.7 Å². The van der Waals surface area contributed by atoms with Crippen LogP contribution in [0.1, 0.15) is 51.4 Å². The maximum Gasteiger partial charge on any atom is 0.229 e. The van der Waals surface area contributed by atoms with Crippen LogP contribution in [0.5, 0.6) is 0 Å². The van der Waals surface area contributed by atoms with E-state index in [9.17, 15) is 18.7 Å². The zero-order valence-electron chi connectivity index (χ0n) is 40.9. The smallest absolute Gasteiger partial charge is 0.229 e. The first-order valence-corrected chi connectivity index (χ1v) is 30.9. The van der Waals surface area contributed by atoms with Crippen molar-refractivity contribution >= 4 is 146 Å². The van der Waals surface area contributed by atoms with Gasteiger partial charge < -0.3 is 40.6 Å². The molecule has 21 heteroatoms. The Morgan fingerprint density at radius 3 is 1.44 bits per heavy atom. The van der Waals surface area contributed by atoms with Gasteiger partial charge in [-0.2, -0.15) is 9.97 Å². The van der Waals surface area contributed by atoms with Gasteiger partial charge in [-0.3, -0.25) is 9.59 Å². The maximum atomic E-state index is 12.7. The number of nitrogen functional groups attached to an aromatic ring is 1. The van der Waals surface area contributed by atoms with E-state index in [-0.39, 0.29) is 10.7 Å². The van der Waals surface area contributed by atoms with Gasteiger partial charge in [0.2, 0.25) is 11.2 Å². The van der Waals surface area contributed by atoms with Crippen molar-refractivity contribution in [3.05, 3.63) is 123 Å². The van der Waals surface area contributed by atoms with E-state index in [1.165, 1.54) is 12.4 Å². The number of carbonyl (C=O) groups excluding carboxylic acids is 2. The highest BCUT2D eigenvalue weighted by Gasteiger charge is 2.46. The van der Waals surface area contributed by atoms with Crippen molar-refractivity contribution in [2.45, 2.75) is 51.4 Å². The third-order valence-electron chi connectivity index (χ3n) is 13.7. The summed E-state index contributed by atoms with van der Waals surface area (Å²) in [7, 11) is -4.91. The van der Waals surface area contributed by atoms with E-state index in [1.807, 2.05) is 78.9 Å². The summed E-state index contributed by atoms with van der Waals surface area (Å²) in [6.45, 7) is 10.6. The predicted molar refractivity (Wildman–Crippen MR) is 304 cm³/mol. The number of anilines is 9. The number of benzene rings is 4. The van der Waals surface area contributed by atoms with Gasteiger partial charge in [-0.05, 0) is 135 Å². The number of halogens is 5. The number of piperidine rings is 2. The van der Waals surface area contributed by atoms with Crippen molar-refractivity contribution in [2.24, 2.45) is 10.8 Å². The Balaban J connectivity index is 0.000000161. The number of nitrogens with two attached hydrogens (primary N) is 1. The van der Waals surface area contributed by atoms with Gasteiger partial charge in [0, 0.05) is 73.8 Å². The number of Topliss-reactive ketones (excluding diaryl/α,β-unsaturated/α-hetero) is 2. The minimum atomic E-state index is -2.50. The summed E-state index contributed by atoms with van der Waals surface area (Å²) in [5.41, 5.74) is 11.1. The van der Waals surface area contributed by atoms with Crippen molar-refractivity contribution in [1.82, 2.24) is 19.9 Å². The average molecular weight is 1130 g/mol. The van der Waals surface area contributed by atoms with Crippen LogP contribution >= 0.6 is 72.3 Å². The maximum absolute atomic E-state index is 12.7. The highest BCUT2D eigenvalue weighted by atomic mass is 35.5. The second kappa shape index (κ2) is 22.5. The van der Waals surface area contributed by atoms with Crippen molar-refractivity contribution in [2.75, 3.05) is 84.3 Å². The third kappa shape index (κ3) is 13.5. The van der Waals surface area contributed by atoms with Crippen molar-refractivity contribution < 1.29 is 18.7 Å². The van der Waals surface area contributed by atoms with Gasteiger partial charge in [0.25, 0.3) is 0 Å². The van der Waals surface area contributed by atoms with Gasteiger partial charge in [0.1, 0.15) is 35.9 Å². The van der Waals surface area contributed by atoms with Crippen molar-refractivity contribution in [1.29, 1.82) is 0 Å². The topological polar surface area (TPSA) is 188 Å². The molecule has 5 N–H and O–H groups in total. The largest absolute Gasteiger partial charge is 0.399 e. The molecule has 4 fully saturated rings. The number of ketones is 2. The van der Waals surface area contributed by atoms with Crippen LogP contribution in [0.25, 0.3) is 0 Å². The number of hydrogen-bond donors (Lipinski definition) is 4. The Morgan fingerprint density at radius 2 is 0.986 bits per heavy atom. The molecule has 0 amide bonds. The monoisotopic (exact) mass is 1120 g/mol. The van der Waals surface area contributed by atoms with E-state index in [0.717, 1.165) is 110 Å². The molecule has 4 heterocycles. The van der Waals surface area contributed by atoms with Crippen LogP contribution in [0.2, 0.25) is 25.4 Å². The van der Waals surface area contributed by atoms with Crippen LogP contribution in [-0.2, 0) is 18.7 Å². The quantitative estimate of drug-likeness (QED) is 0.0576. The van der Waals surface area contributed by atoms with E-state index in [1.54, 1.807) is 32.7 Å². The van der Waals surface area contributed by atoms with Gasteiger partial charge in [-0.25, -0.2) is 9.97 Å². The highest BCUT2D eigenvalue weighted by Crippen LogP contribution is 2.49. The Bertz CT molecular complexity index is 3120. The van der Waals surface area contributed by atoms with E-state index in [4.69, 9.17) is 63.7 Å². The first-order valence-electron chi connectivity index (χ1n) is 23.8. The molecule has 14 nitrogen and oxygen atoms in total. The summed E-state index contributed by atoms with van der Waals surface area (Å²) in [4.78, 5) is 43.9. The van der Waals surface area contributed by atoms with E-state index in [0.29, 0.717) is 66.7 Å². The number of nitrogens with zero attached hydrogens (tertiary/aromatic N) is 6. The van der Waals surface area contributed by atoms with Crippen molar-refractivity contribution in [3.63, 3.8) is 0 Å². The predicted octanol–water partition coefficient (Wildman–Crippen LogP) is 13.1. The highest BCUT2D eigenvalue weighted by molar-refractivity contribution is 7.70. The summed E-state index contributed by atoms with van der Waals surface area (Å²) in [5.74, 6) is 1.97. The summed E-state index contributed by atoms with van der Waals surface area (Å²) < 4.78 is 25.0. The van der Waals surface area contributed by atoms with Crippen LogP contribution < -0.4 is 42.1 Å². The molecule has 2 spiro atoms. The first kappa shape index (κ1) is 54.4. The molecule has 2 saturated heterocycles. The van der Waals surface area contributed by atoms with Crippen LogP contribution in [0.3, 0.4) is 0 Å². The normalized spacial score (nSPS) is 16.8. The molecule has 4 aromatic carbocycles. The second-order valence-corrected chi connectivity index (χ2v) is 28.3. The molecule has 73 heavy (non-hydrogen) atoms. The summed E-state index contributed by atoms with van der Waals surface area (Å²) in [5, 5.41) is 13.1. The lowest BCUT2D eigenvalue weighted by Gasteiger charge is -2.47. The van der Waals surface area contributed by atoms with Gasteiger partial charge in [-0.1, -0.05) is 70.7 Å². The zero-order chi connectivity index (χ0) is 52.3. The molecule has 10 rings (SSSR count). The number of carbonyl (C=O) groups is 2. The van der Waals surface area contributed by atoms with Gasteiger partial charge in [-0.15, -0.1) is 0 Å². The molecule has 0 radical (unpaired) electrons. The molecule has 384 valence electrons. The summed E-state index contributed by atoms with van der Waals surface area (Å²) in [6.07, 6.45) is 10.2. The molecular weight excluding hydrogens is 1070 g/mol. The molecule has 0 unspecified atom stereocenters. The minimum absolute atomic E-state index is 0.0977. The third-order valence-corrected chi connectivity index (χ3v) is 18.2. The van der Waals surface area contributed by atoms with Gasteiger partial charge >= 0.3 is 0 Å². The summed E-state index contributed by atoms with van der Waals surface area (Å²) >= 11 is 31.0. The number of para-hydroxylation sites is 2. The molecular formula is C52H57Cl5N10O4P2. The molecule has 2 saturated carbocycles. The molecule has 0 bridgehead atoms. The lowest BCUT2D eigenvalue weighted by Crippen LogP contribution is -2.47. The van der Waals surface area contributed by atoms with E-state index >= 15 is 0 Å². The minimum Gasteiger partial charge on any atom is -0.399 e. The number of aromatic nitrogens is 4. The number of nitrogens with one attached hydrogen (secondary N) is 3. The molecule has 2 aliphatic carbocycles. The van der Waals surface area contributed by atoms with Gasteiger partial charge in [0.15, 0.2) is 11.6 Å². The Hall–Kier alpha value is -4.91. The molecule has 4 aliphatic rings. The Labute approximate surface area is 451 Å². The summed E-state index contributed by atoms with van der Waals surface area (Å²) in [6, 6.07) is 26.2. The molecule has 2 aromatic heterocycles. The van der Waals surface area contributed by atoms with Crippen LogP contribution in [-0.4, -0.2) is 84.3 Å². The lowest BCUT2D eigenvalue weighted by molar-refractivity contribution is -0.134. The van der Waals surface area contributed by atoms with Crippen LogP contribution in [0, 0.1) is 10.8 Å². The SMILES string of the molecule is CP(C)(=O)c1ccccc1Nc1nc(Cl)ncc1Cl.CP(C)(=O)c1ccccc1Nc1nc(Nc2ccc(N3CCC4(CC3)CC(=O)C4)c(Cl)c2)ncc1Cl.Nc1ccc(N2CCC3(CC2)CC(=O)C3)c(Cl)c1. The van der Waals surface area contributed by atoms with Crippen LogP contribution in [0.4, 0.5) is 51.7 Å². The van der Waals surface area contributed by atoms with E-state index < -0.39 is 14.3 Å². The number of hydrogen-bond acceptors (Lipinski definition) is 14. The standard InChI is InChI=1S/C26H28Cl2N5O2P.C14H17ClN2O.C12H12Cl2N3OP/c1-36(2,35)23-6-4-3-5-21(23)31-24-20(28)16-29-25(32-24)30-17-7-8-22(19(27)13-17)33-11-9-26(10-12-33)14-18(34)15-26;15-12-7-10(16)1-2-13(12)17-5-3-14(4-6-17)8-11(18)9-14;1-19(2,18)10-6-4-3-5-9(10)16-11-8(13)7-15-12(14)17-11/h3-8,13,16H,9-12,14-15H2,1-2H3,(H2,29,30,31,32);1-2,7H,3-6,8-9,16H2;3-7H,1-2H3,(H,15,16,17). The molecule has 0 atom stereocenters. The van der Waals surface area contributed by atoms with Crippen LogP contribution in [0.15, 0.2) is 97.3 Å². The van der Waals surface area contributed by atoms with Gasteiger partial charge in [0.05, 0.1) is 45.2 Å². The van der Waals surface area contributed by atoms with Crippen molar-refractivity contribution in [3.8, 4) is 0 Å². The first-order chi connectivity index (χ1) is 34.6. The second-order valence-electron chi connectivity index (χ2n) is 20.0. The fourth-order valence-electron chi connectivity index (χ4n) is 9.77. The Morgan fingerprint density at radius 1 is 0.548 bits per heavy atom. The Kier molecular flexibility index (Phi) is 16.8. The number of rotatable bonds is 10. The fourth-order valence-corrected chi connectivity index (χ4v) is 13.1. The fraction of sp³-hybridized carbons (Fsp3) is 0.346. The molecule has 6 aromatic rings.